The predicted octanol–water partition coefficient (Wildman–Crippen LogP) is 2.75. The molecular weight excluding hydrogens is 376 g/mol. The highest BCUT2D eigenvalue weighted by atomic mass is 16.1. The van der Waals surface area contributed by atoms with E-state index in [1.807, 2.05) is 12.3 Å². The average molecular weight is 405 g/mol. The molecule has 156 valence electrons. The summed E-state index contributed by atoms with van der Waals surface area (Å²) in [6.07, 6.45) is 8.93. The number of pyridine rings is 1. The van der Waals surface area contributed by atoms with Crippen molar-refractivity contribution in [3.63, 3.8) is 0 Å². The van der Waals surface area contributed by atoms with Gasteiger partial charge in [-0.1, -0.05) is 6.92 Å². The molecule has 0 radical (unpaired) electrons. The molecule has 1 fully saturated rings. The molecule has 0 aliphatic carbocycles. The Labute approximate surface area is 176 Å². The van der Waals surface area contributed by atoms with Crippen molar-refractivity contribution < 1.29 is 0 Å². The fourth-order valence-electron chi connectivity index (χ4n) is 4.66. The van der Waals surface area contributed by atoms with E-state index in [1.54, 1.807) is 6.20 Å². The first-order valence-corrected chi connectivity index (χ1v) is 10.8. The highest BCUT2D eigenvalue weighted by Crippen LogP contribution is 2.23. The number of piperidine rings is 1. The zero-order chi connectivity index (χ0) is 20.5. The summed E-state index contributed by atoms with van der Waals surface area (Å²) in [5.41, 5.74) is 4.03. The van der Waals surface area contributed by atoms with E-state index < -0.39 is 0 Å². The van der Waals surface area contributed by atoms with Crippen LogP contribution in [-0.4, -0.2) is 44.1 Å². The SMILES string of the molecule is CC1CCCN(c2nc3c(c(=O)[nH]2)CN(Cc2cccn2-c2cccnc2)CC3)C1. The predicted molar refractivity (Wildman–Crippen MR) is 117 cm³/mol. The van der Waals surface area contributed by atoms with Gasteiger partial charge in [0.15, 0.2) is 0 Å². The number of H-pyrrole nitrogens is 1. The third kappa shape index (κ3) is 3.77. The van der Waals surface area contributed by atoms with Gasteiger partial charge >= 0.3 is 0 Å². The maximum absolute atomic E-state index is 12.9. The lowest BCUT2D eigenvalue weighted by atomic mass is 10.0. The lowest BCUT2D eigenvalue weighted by Gasteiger charge is -2.33. The quantitative estimate of drug-likeness (QED) is 0.724. The lowest BCUT2D eigenvalue weighted by Crippen LogP contribution is -2.40. The smallest absolute Gasteiger partial charge is 0.257 e. The molecule has 0 aromatic carbocycles. The summed E-state index contributed by atoms with van der Waals surface area (Å²) < 4.78 is 2.16. The molecular formula is C23H28N6O. The topological polar surface area (TPSA) is 70.1 Å². The second-order valence-electron chi connectivity index (χ2n) is 8.55. The Kier molecular flexibility index (Phi) is 5.12. The molecule has 1 saturated heterocycles. The Hall–Kier alpha value is -2.93. The van der Waals surface area contributed by atoms with E-state index in [0.29, 0.717) is 12.5 Å². The van der Waals surface area contributed by atoms with Crippen LogP contribution in [0, 0.1) is 5.92 Å². The lowest BCUT2D eigenvalue weighted by molar-refractivity contribution is 0.237. The van der Waals surface area contributed by atoms with E-state index in [-0.39, 0.29) is 5.56 Å². The van der Waals surface area contributed by atoms with E-state index in [1.165, 1.54) is 12.1 Å². The first-order valence-electron chi connectivity index (χ1n) is 10.8. The highest BCUT2D eigenvalue weighted by Gasteiger charge is 2.25. The number of aromatic amines is 1. The standard InChI is InChI=1S/C23H28N6O/c1-17-5-3-10-28(14-17)23-25-21-8-12-27(16-20(21)22(30)26-23)15-19-7-4-11-29(19)18-6-2-9-24-13-18/h2,4,6-7,9,11,13,17H,3,5,8,10,12,14-16H2,1H3,(H,25,26,30). The van der Waals surface area contributed by atoms with E-state index >= 15 is 0 Å². The maximum atomic E-state index is 12.9. The molecule has 0 amide bonds. The molecule has 1 atom stereocenters. The summed E-state index contributed by atoms with van der Waals surface area (Å²) in [6, 6.07) is 8.19. The molecule has 0 saturated carbocycles. The zero-order valence-corrected chi connectivity index (χ0v) is 17.4. The monoisotopic (exact) mass is 404 g/mol. The van der Waals surface area contributed by atoms with Crippen molar-refractivity contribution in [2.45, 2.75) is 39.3 Å². The fourth-order valence-corrected chi connectivity index (χ4v) is 4.66. The van der Waals surface area contributed by atoms with Gasteiger partial charge < -0.3 is 9.47 Å². The van der Waals surface area contributed by atoms with Crippen molar-refractivity contribution in [2.24, 2.45) is 5.92 Å². The third-order valence-electron chi connectivity index (χ3n) is 6.23. The van der Waals surface area contributed by atoms with Gasteiger partial charge in [-0.25, -0.2) is 4.98 Å². The van der Waals surface area contributed by atoms with Crippen molar-refractivity contribution in [2.75, 3.05) is 24.5 Å². The van der Waals surface area contributed by atoms with E-state index in [9.17, 15) is 4.79 Å². The molecule has 3 aromatic rings. The summed E-state index contributed by atoms with van der Waals surface area (Å²) >= 11 is 0. The molecule has 5 heterocycles. The van der Waals surface area contributed by atoms with Crippen molar-refractivity contribution in [1.29, 1.82) is 0 Å². The second kappa shape index (κ2) is 8.07. The van der Waals surface area contributed by atoms with Crippen LogP contribution < -0.4 is 10.5 Å². The van der Waals surface area contributed by atoms with Crippen LogP contribution in [0.15, 0.2) is 47.7 Å². The molecule has 2 aliphatic heterocycles. The number of hydrogen-bond acceptors (Lipinski definition) is 5. The van der Waals surface area contributed by atoms with Crippen LogP contribution in [0.2, 0.25) is 0 Å². The molecule has 5 rings (SSSR count). The molecule has 30 heavy (non-hydrogen) atoms. The average Bonchev–Trinajstić information content (AvgIpc) is 3.23. The van der Waals surface area contributed by atoms with Gasteiger partial charge in [-0.15, -0.1) is 0 Å². The molecule has 7 heteroatoms. The fraction of sp³-hybridized carbons (Fsp3) is 0.435. The number of anilines is 1. The van der Waals surface area contributed by atoms with Crippen molar-refractivity contribution in [3.05, 3.63) is 70.2 Å². The first kappa shape index (κ1) is 19.1. The number of hydrogen-bond donors (Lipinski definition) is 1. The van der Waals surface area contributed by atoms with Crippen LogP contribution in [-0.2, 0) is 19.5 Å². The molecule has 1 unspecified atom stereocenters. The van der Waals surface area contributed by atoms with Gasteiger partial charge in [0.25, 0.3) is 5.56 Å². The van der Waals surface area contributed by atoms with Crippen LogP contribution in [0.4, 0.5) is 5.95 Å². The van der Waals surface area contributed by atoms with Crippen LogP contribution in [0.25, 0.3) is 5.69 Å². The minimum Gasteiger partial charge on any atom is -0.342 e. The van der Waals surface area contributed by atoms with Crippen molar-refractivity contribution in [3.8, 4) is 5.69 Å². The first-order chi connectivity index (χ1) is 14.7. The summed E-state index contributed by atoms with van der Waals surface area (Å²) in [5, 5.41) is 0. The minimum atomic E-state index is 0.0144. The number of fused-ring (bicyclic) bond motifs is 1. The Morgan fingerprint density at radius 3 is 3.00 bits per heavy atom. The van der Waals surface area contributed by atoms with Gasteiger partial charge in [-0.05, 0) is 43.0 Å². The summed E-state index contributed by atoms with van der Waals surface area (Å²) in [7, 11) is 0. The number of nitrogens with one attached hydrogen (secondary N) is 1. The Morgan fingerprint density at radius 2 is 2.17 bits per heavy atom. The Bertz CT molecular complexity index is 1070. The van der Waals surface area contributed by atoms with E-state index in [2.05, 4.69) is 55.7 Å². The number of aromatic nitrogens is 4. The number of nitrogens with zero attached hydrogens (tertiary/aromatic N) is 5. The third-order valence-corrected chi connectivity index (χ3v) is 6.23. The normalized spacial score (nSPS) is 19.6. The van der Waals surface area contributed by atoms with E-state index in [4.69, 9.17) is 4.98 Å². The van der Waals surface area contributed by atoms with Crippen molar-refractivity contribution in [1.82, 2.24) is 24.4 Å². The van der Waals surface area contributed by atoms with Crippen molar-refractivity contribution >= 4 is 5.95 Å². The van der Waals surface area contributed by atoms with Gasteiger partial charge in [0, 0.05) is 57.2 Å². The van der Waals surface area contributed by atoms with Crippen LogP contribution in [0.5, 0.6) is 0 Å². The van der Waals surface area contributed by atoms with Crippen LogP contribution in [0.3, 0.4) is 0 Å². The molecule has 0 bridgehead atoms. The van der Waals surface area contributed by atoms with E-state index in [0.717, 1.165) is 61.9 Å². The van der Waals surface area contributed by atoms with Gasteiger partial charge in [0.05, 0.1) is 23.1 Å². The molecule has 3 aromatic heterocycles. The molecule has 0 spiro atoms. The largest absolute Gasteiger partial charge is 0.342 e. The summed E-state index contributed by atoms with van der Waals surface area (Å²) in [5.74, 6) is 1.40. The number of rotatable bonds is 4. The zero-order valence-electron chi connectivity index (χ0n) is 17.4. The van der Waals surface area contributed by atoms with Gasteiger partial charge in [0.2, 0.25) is 5.95 Å². The molecule has 2 aliphatic rings. The van der Waals surface area contributed by atoms with Gasteiger partial charge in [0.1, 0.15) is 0 Å². The minimum absolute atomic E-state index is 0.0144. The van der Waals surface area contributed by atoms with Gasteiger partial charge in [-0.2, -0.15) is 0 Å². The Balaban J connectivity index is 1.34. The highest BCUT2D eigenvalue weighted by molar-refractivity contribution is 5.35. The van der Waals surface area contributed by atoms with Gasteiger partial charge in [-0.3, -0.25) is 19.7 Å². The second-order valence-corrected chi connectivity index (χ2v) is 8.55. The van der Waals surface area contributed by atoms with Crippen LogP contribution >= 0.6 is 0 Å². The Morgan fingerprint density at radius 1 is 1.23 bits per heavy atom. The summed E-state index contributed by atoms with van der Waals surface area (Å²) in [4.78, 5) is 29.6. The molecule has 7 nitrogen and oxygen atoms in total. The van der Waals surface area contributed by atoms with Crippen LogP contribution in [0.1, 0.15) is 36.7 Å². The maximum Gasteiger partial charge on any atom is 0.257 e. The molecule has 1 N–H and O–H groups in total. The summed E-state index contributed by atoms with van der Waals surface area (Å²) in [6.45, 7) is 6.53.